The zero-order valence-electron chi connectivity index (χ0n) is 13.9. The van der Waals surface area contributed by atoms with Crippen LogP contribution in [-0.2, 0) is 4.74 Å². The molecule has 3 rings (SSSR count). The third kappa shape index (κ3) is 2.70. The van der Waals surface area contributed by atoms with Crippen LogP contribution in [0.4, 0.5) is 5.69 Å². The van der Waals surface area contributed by atoms with Crippen LogP contribution in [0.5, 0.6) is 17.2 Å². The zero-order valence-corrected chi connectivity index (χ0v) is 13.9. The molecule has 6 heteroatoms. The van der Waals surface area contributed by atoms with E-state index in [0.29, 0.717) is 23.2 Å². The molecule has 0 aromatic heterocycles. The van der Waals surface area contributed by atoms with Gasteiger partial charge in [0.25, 0.3) is 0 Å². The first kappa shape index (κ1) is 16.2. The first-order valence-corrected chi connectivity index (χ1v) is 8.07. The molecule has 0 spiro atoms. The van der Waals surface area contributed by atoms with Crippen LogP contribution in [0, 0.1) is 5.92 Å². The number of benzene rings is 1. The summed E-state index contributed by atoms with van der Waals surface area (Å²) >= 11 is 0. The number of fused-ring (bicyclic) bond motifs is 3. The Kier molecular flexibility index (Phi) is 4.82. The number of aliphatic hydroxyl groups excluding tert-OH is 1. The molecule has 0 aliphatic carbocycles. The minimum Gasteiger partial charge on any atom is -0.493 e. The average Bonchev–Trinajstić information content (AvgIpc) is 3.07. The van der Waals surface area contributed by atoms with E-state index in [4.69, 9.17) is 24.1 Å². The number of aliphatic hydroxyl groups is 1. The molecule has 0 bridgehead atoms. The molecule has 1 saturated heterocycles. The summed E-state index contributed by atoms with van der Waals surface area (Å²) in [5.41, 5.74) is 1.97. The van der Waals surface area contributed by atoms with Crippen molar-refractivity contribution in [3.05, 3.63) is 11.6 Å². The summed E-state index contributed by atoms with van der Waals surface area (Å²) < 4.78 is 22.6. The molecular weight excluding hydrogens is 298 g/mol. The maximum atomic E-state index is 9.15. The summed E-state index contributed by atoms with van der Waals surface area (Å²) in [6, 6.07) is 2.23. The molecule has 0 radical (unpaired) electrons. The van der Waals surface area contributed by atoms with Crippen LogP contribution < -0.4 is 19.5 Å². The Morgan fingerprint density at radius 3 is 2.65 bits per heavy atom. The van der Waals surface area contributed by atoms with E-state index in [1.165, 1.54) is 0 Å². The van der Waals surface area contributed by atoms with E-state index in [2.05, 4.69) is 5.32 Å². The van der Waals surface area contributed by atoms with Crippen molar-refractivity contribution in [2.45, 2.75) is 31.4 Å². The van der Waals surface area contributed by atoms with Gasteiger partial charge in [0.2, 0.25) is 5.75 Å². The molecule has 2 aliphatic rings. The Morgan fingerprint density at radius 1 is 1.22 bits per heavy atom. The first-order chi connectivity index (χ1) is 11.2. The van der Waals surface area contributed by atoms with E-state index in [1.54, 1.807) is 21.3 Å². The Labute approximate surface area is 136 Å². The van der Waals surface area contributed by atoms with E-state index >= 15 is 0 Å². The van der Waals surface area contributed by atoms with Crippen molar-refractivity contribution in [2.24, 2.45) is 5.92 Å². The summed E-state index contributed by atoms with van der Waals surface area (Å²) in [5.74, 6) is 2.28. The third-order valence-electron chi connectivity index (χ3n) is 4.82. The predicted octanol–water partition coefficient (Wildman–Crippen LogP) is 2.36. The predicted molar refractivity (Wildman–Crippen MR) is 86.6 cm³/mol. The molecule has 3 atom stereocenters. The van der Waals surface area contributed by atoms with E-state index in [1.807, 2.05) is 6.07 Å². The number of nitrogens with one attached hydrogen (secondary N) is 1. The fraction of sp³-hybridized carbons (Fsp3) is 0.647. The third-order valence-corrected chi connectivity index (χ3v) is 4.82. The van der Waals surface area contributed by atoms with Crippen LogP contribution in [-0.4, -0.2) is 45.7 Å². The summed E-state index contributed by atoms with van der Waals surface area (Å²) in [6.07, 6.45) is 2.69. The summed E-state index contributed by atoms with van der Waals surface area (Å²) in [5, 5.41) is 12.7. The van der Waals surface area contributed by atoms with Crippen molar-refractivity contribution in [3.63, 3.8) is 0 Å². The van der Waals surface area contributed by atoms with Crippen LogP contribution in [0.2, 0.25) is 0 Å². The molecule has 1 aromatic carbocycles. The molecule has 0 amide bonds. The van der Waals surface area contributed by atoms with Crippen molar-refractivity contribution in [1.82, 2.24) is 0 Å². The lowest BCUT2D eigenvalue weighted by Crippen LogP contribution is -2.36. The maximum Gasteiger partial charge on any atom is 0.203 e. The fourth-order valence-electron chi connectivity index (χ4n) is 3.80. The highest BCUT2D eigenvalue weighted by molar-refractivity contribution is 5.71. The lowest BCUT2D eigenvalue weighted by atomic mass is 9.81. The fourth-order valence-corrected chi connectivity index (χ4v) is 3.80. The minimum absolute atomic E-state index is 0.00954. The zero-order chi connectivity index (χ0) is 16.4. The van der Waals surface area contributed by atoms with Crippen LogP contribution >= 0.6 is 0 Å². The molecule has 23 heavy (non-hydrogen) atoms. The van der Waals surface area contributed by atoms with Gasteiger partial charge in [-0.15, -0.1) is 0 Å². The molecular formula is C17H25NO5. The van der Waals surface area contributed by atoms with Gasteiger partial charge >= 0.3 is 0 Å². The summed E-state index contributed by atoms with van der Waals surface area (Å²) in [6.45, 7) is 0.947. The number of hydrogen-bond donors (Lipinski definition) is 2. The summed E-state index contributed by atoms with van der Waals surface area (Å²) in [4.78, 5) is 0. The number of hydrogen-bond acceptors (Lipinski definition) is 6. The van der Waals surface area contributed by atoms with Gasteiger partial charge in [0.05, 0.1) is 33.0 Å². The Bertz CT molecular complexity index is 562. The van der Waals surface area contributed by atoms with Crippen LogP contribution in [0.1, 0.15) is 30.9 Å². The van der Waals surface area contributed by atoms with Gasteiger partial charge in [-0.05, 0) is 19.3 Å². The monoisotopic (exact) mass is 323 g/mol. The number of anilines is 1. The van der Waals surface area contributed by atoms with Gasteiger partial charge in [-0.25, -0.2) is 0 Å². The van der Waals surface area contributed by atoms with E-state index in [-0.39, 0.29) is 18.8 Å². The van der Waals surface area contributed by atoms with Crippen LogP contribution in [0.15, 0.2) is 6.07 Å². The molecule has 1 fully saturated rings. The van der Waals surface area contributed by atoms with Crippen LogP contribution in [0.25, 0.3) is 0 Å². The van der Waals surface area contributed by atoms with Crippen molar-refractivity contribution < 1.29 is 24.1 Å². The lowest BCUT2D eigenvalue weighted by molar-refractivity contribution is 0.0785. The van der Waals surface area contributed by atoms with Crippen molar-refractivity contribution in [3.8, 4) is 17.2 Å². The highest BCUT2D eigenvalue weighted by Gasteiger charge is 2.43. The van der Waals surface area contributed by atoms with Gasteiger partial charge in [0.15, 0.2) is 11.5 Å². The molecule has 0 saturated carbocycles. The smallest absolute Gasteiger partial charge is 0.203 e. The highest BCUT2D eigenvalue weighted by Crippen LogP contribution is 2.54. The largest absolute Gasteiger partial charge is 0.493 e. The molecule has 0 unspecified atom stereocenters. The lowest BCUT2D eigenvalue weighted by Gasteiger charge is -2.37. The van der Waals surface area contributed by atoms with Crippen LogP contribution in [0.3, 0.4) is 0 Å². The molecule has 2 aliphatic heterocycles. The van der Waals surface area contributed by atoms with E-state index < -0.39 is 0 Å². The number of rotatable bonds is 6. The number of methoxy groups -OCH3 is 3. The van der Waals surface area contributed by atoms with Gasteiger partial charge in [-0.2, -0.15) is 0 Å². The summed E-state index contributed by atoms with van der Waals surface area (Å²) in [7, 11) is 4.87. The molecule has 128 valence electrons. The standard InChI is InChI=1S/C17H25NO5/c1-20-13-9-12-14(17(22-3)16(13)21-2)15-10(6-8-23-15)11(18-12)5-4-7-19/h9-11,15,18-19H,4-8H2,1-3H3/t10-,11+,15-/m0/s1. The van der Waals surface area contributed by atoms with Crippen molar-refractivity contribution in [1.29, 1.82) is 0 Å². The molecule has 6 nitrogen and oxygen atoms in total. The maximum absolute atomic E-state index is 9.15. The van der Waals surface area contributed by atoms with E-state index in [0.717, 1.165) is 37.1 Å². The van der Waals surface area contributed by atoms with Crippen molar-refractivity contribution >= 4 is 5.69 Å². The minimum atomic E-state index is -0.00954. The normalized spacial score (nSPS) is 25.3. The Balaban J connectivity index is 2.07. The number of ether oxygens (including phenoxy) is 4. The second-order valence-electron chi connectivity index (χ2n) is 5.97. The second-order valence-corrected chi connectivity index (χ2v) is 5.97. The molecule has 2 N–H and O–H groups in total. The molecule has 1 aromatic rings. The molecule has 2 heterocycles. The van der Waals surface area contributed by atoms with Gasteiger partial charge in [-0.3, -0.25) is 0 Å². The van der Waals surface area contributed by atoms with Crippen molar-refractivity contribution in [2.75, 3.05) is 39.9 Å². The Hall–Kier alpha value is -1.66. The van der Waals surface area contributed by atoms with Gasteiger partial charge in [-0.1, -0.05) is 0 Å². The van der Waals surface area contributed by atoms with Gasteiger partial charge in [0.1, 0.15) is 0 Å². The SMILES string of the molecule is COc1cc2c(c(OC)c1OC)[C@H]1OCC[C@H]1[C@@H](CCCO)N2. The van der Waals surface area contributed by atoms with E-state index in [9.17, 15) is 0 Å². The van der Waals surface area contributed by atoms with Gasteiger partial charge in [0, 0.05) is 36.9 Å². The quantitative estimate of drug-likeness (QED) is 0.837. The Morgan fingerprint density at radius 2 is 2.00 bits per heavy atom. The second kappa shape index (κ2) is 6.84. The topological polar surface area (TPSA) is 69.2 Å². The average molecular weight is 323 g/mol. The highest BCUT2D eigenvalue weighted by atomic mass is 16.5. The van der Waals surface area contributed by atoms with Gasteiger partial charge < -0.3 is 29.4 Å². The first-order valence-electron chi connectivity index (χ1n) is 8.07.